The molecule has 7 heterocycles. The fourth-order valence-corrected chi connectivity index (χ4v) is 9.19. The monoisotopic (exact) mass is 1260 g/mol. The number of carbonyl (C=O) groups excluding carboxylic acids is 10. The molecule has 6 aromatic rings. The molecule has 0 radical (unpaired) electrons. The first-order valence-corrected chi connectivity index (χ1v) is 27.4. The molecule has 0 saturated heterocycles. The van der Waals surface area contributed by atoms with Gasteiger partial charge in [0, 0.05) is 23.4 Å². The number of carbonyl (C=O) groups is 10. The molecule has 10 amide bonds. The predicted molar refractivity (Wildman–Crippen MR) is 313 cm³/mol. The van der Waals surface area contributed by atoms with Crippen LogP contribution in [0.15, 0.2) is 104 Å². The van der Waals surface area contributed by atoms with Crippen LogP contribution in [-0.2, 0) is 28.7 Å². The number of oxazole rings is 3. The molecular formula is C55H54N16O16S2. The summed E-state index contributed by atoms with van der Waals surface area (Å²) in [6, 6.07) is 0.792. The Morgan fingerprint density at radius 1 is 0.652 bits per heavy atom. The highest BCUT2D eigenvalue weighted by atomic mass is 32.1. The van der Waals surface area contributed by atoms with Crippen molar-refractivity contribution in [2.24, 2.45) is 5.73 Å². The number of aromatic nitrogens is 6. The molecule has 4 atom stereocenters. The smallest absolute Gasteiger partial charge is 0.278 e. The van der Waals surface area contributed by atoms with Gasteiger partial charge in [0.05, 0.1) is 40.7 Å². The van der Waals surface area contributed by atoms with Gasteiger partial charge in [0.15, 0.2) is 17.6 Å². The number of primary amides is 1. The number of thiazole rings is 2. The lowest BCUT2D eigenvalue weighted by atomic mass is 10.1. The van der Waals surface area contributed by atoms with Crippen LogP contribution in [0.5, 0.6) is 0 Å². The van der Waals surface area contributed by atoms with Crippen LogP contribution in [0.3, 0.4) is 0 Å². The van der Waals surface area contributed by atoms with Crippen LogP contribution < -0.4 is 53.6 Å². The second kappa shape index (κ2) is 27.4. The number of nitrogens with one attached hydrogen (secondary N) is 9. The normalized spacial score (nSPS) is 17.0. The van der Waals surface area contributed by atoms with Gasteiger partial charge in [-0.1, -0.05) is 39.0 Å². The molecule has 0 saturated carbocycles. The highest BCUT2D eigenvalue weighted by Gasteiger charge is 2.33. The summed E-state index contributed by atoms with van der Waals surface area (Å²) in [7, 11) is 1.25. The van der Waals surface area contributed by atoms with Gasteiger partial charge in [-0.3, -0.25) is 47.9 Å². The van der Waals surface area contributed by atoms with Gasteiger partial charge in [-0.2, -0.15) is 0 Å². The number of nitrogens with two attached hydrogens (primary N) is 1. The fraction of sp³-hybridized carbons (Fsp3) is 0.200. The maximum Gasteiger partial charge on any atom is 0.278 e. The summed E-state index contributed by atoms with van der Waals surface area (Å²) in [4.78, 5) is 159. The molecule has 10 bridgehead atoms. The Morgan fingerprint density at radius 3 is 1.83 bits per heavy atom. The van der Waals surface area contributed by atoms with Crippen molar-refractivity contribution in [2.75, 3.05) is 7.11 Å². The Hall–Kier alpha value is -11.2. The van der Waals surface area contributed by atoms with Crippen molar-refractivity contribution in [3.63, 3.8) is 0 Å². The van der Waals surface area contributed by atoms with E-state index >= 15 is 0 Å². The molecule has 0 aliphatic carbocycles. The van der Waals surface area contributed by atoms with E-state index < -0.39 is 112 Å². The Labute approximate surface area is 510 Å². The molecule has 1 aliphatic rings. The Bertz CT molecular complexity index is 4080. The lowest BCUT2D eigenvalue weighted by Gasteiger charge is -2.21. The van der Waals surface area contributed by atoms with E-state index in [1.165, 1.54) is 70.7 Å². The van der Waals surface area contributed by atoms with E-state index in [4.69, 9.17) is 23.7 Å². The summed E-state index contributed by atoms with van der Waals surface area (Å²) >= 11 is 1.81. The van der Waals surface area contributed by atoms with Crippen LogP contribution in [-0.4, -0.2) is 125 Å². The molecule has 13 N–H and O–H groups in total. The number of aliphatic hydroxyl groups is 2. The molecule has 89 heavy (non-hydrogen) atoms. The number of hydrogen-bond donors (Lipinski definition) is 12. The number of rotatable bonds is 10. The largest absolute Gasteiger partial charge is 0.440 e. The van der Waals surface area contributed by atoms with E-state index in [9.17, 15) is 58.2 Å². The van der Waals surface area contributed by atoms with Gasteiger partial charge in [0.25, 0.3) is 53.2 Å². The third-order valence-electron chi connectivity index (χ3n) is 12.0. The molecule has 7 rings (SSSR count). The quantitative estimate of drug-likeness (QED) is 0.0863. The zero-order valence-electron chi connectivity index (χ0n) is 48.0. The van der Waals surface area contributed by atoms with E-state index in [1.807, 2.05) is 5.32 Å². The van der Waals surface area contributed by atoms with Crippen molar-refractivity contribution >= 4 is 98.8 Å². The molecule has 34 heteroatoms. The third kappa shape index (κ3) is 15.3. The predicted octanol–water partition coefficient (Wildman–Crippen LogP) is 1.43. The van der Waals surface area contributed by atoms with E-state index in [0.717, 1.165) is 28.7 Å². The number of pyridine rings is 1. The summed E-state index contributed by atoms with van der Waals surface area (Å²) in [6.45, 7) is 26.0. The number of amides is 10. The molecule has 0 aromatic carbocycles. The van der Waals surface area contributed by atoms with Crippen molar-refractivity contribution < 1.29 is 76.1 Å². The van der Waals surface area contributed by atoms with Gasteiger partial charge in [-0.25, -0.2) is 29.9 Å². The number of ether oxygens (including phenoxy) is 1. The number of fused-ring (bicyclic) bond motifs is 13. The summed E-state index contributed by atoms with van der Waals surface area (Å²) in [5.41, 5.74) is 0.606. The van der Waals surface area contributed by atoms with E-state index in [1.54, 1.807) is 6.92 Å². The fourth-order valence-electron chi connectivity index (χ4n) is 7.55. The van der Waals surface area contributed by atoms with Crippen molar-refractivity contribution in [3.8, 4) is 22.0 Å². The molecule has 0 spiro atoms. The first kappa shape index (κ1) is 65.3. The number of nitrogens with zero attached hydrogens (tertiary/aromatic N) is 6. The van der Waals surface area contributed by atoms with Crippen LogP contribution in [0.2, 0.25) is 0 Å². The van der Waals surface area contributed by atoms with Crippen LogP contribution >= 0.6 is 22.7 Å². The van der Waals surface area contributed by atoms with Gasteiger partial charge in [-0.05, 0) is 59.8 Å². The molecular weight excluding hydrogens is 1200 g/mol. The zero-order valence-corrected chi connectivity index (χ0v) is 49.6. The van der Waals surface area contributed by atoms with Crippen LogP contribution in [0.4, 0.5) is 0 Å². The van der Waals surface area contributed by atoms with Gasteiger partial charge < -0.3 is 81.8 Å². The van der Waals surface area contributed by atoms with Crippen LogP contribution in [0.1, 0.15) is 119 Å². The number of allylic oxidation sites excluding steroid dienone is 1. The minimum absolute atomic E-state index is 0.00301. The summed E-state index contributed by atoms with van der Waals surface area (Å²) in [5.74, 6) is -11.0. The number of hydrogen-bond acceptors (Lipinski definition) is 24. The van der Waals surface area contributed by atoms with Crippen LogP contribution in [0.25, 0.3) is 39.1 Å². The van der Waals surface area contributed by atoms with Crippen molar-refractivity contribution in [2.45, 2.75) is 66.0 Å². The second-order valence-corrected chi connectivity index (χ2v) is 20.5. The lowest BCUT2D eigenvalue weighted by Crippen LogP contribution is -2.52. The van der Waals surface area contributed by atoms with Gasteiger partial charge in [0.1, 0.15) is 73.2 Å². The van der Waals surface area contributed by atoms with Crippen molar-refractivity contribution in [1.82, 2.24) is 77.8 Å². The molecule has 0 unspecified atom stereocenters. The third-order valence-corrected chi connectivity index (χ3v) is 13.8. The maximum absolute atomic E-state index is 14.0. The van der Waals surface area contributed by atoms with Crippen LogP contribution in [0, 0.1) is 20.8 Å². The highest BCUT2D eigenvalue weighted by molar-refractivity contribution is 7.13. The zero-order chi connectivity index (χ0) is 65.5. The maximum atomic E-state index is 14.0. The second-order valence-electron chi connectivity index (χ2n) is 18.7. The minimum atomic E-state index is -1.74. The molecule has 0 fully saturated rings. The van der Waals surface area contributed by atoms with E-state index in [-0.39, 0.29) is 102 Å². The standard InChI is InChI=1S/C55H54N16O16S2/c1-13-30-51-69-37(27(10)86-51)48(82)60-23(6)43(77)61-24(7)50-68-36(26(9)85-50)39-29(14-15-31(62-39)44(78)59-22(5)42(76)58-21(4)41(75)57-20(3)40(56)74)54-65-34(17-88-54)46(80)67-35(25(8)73)47(81)64-32(16-19(2)72)52-70-38(28(11)87-52)49(83)71-53(84-12)55-66-33(18-89-55)45(79)63-30/h13-19,25,35,53,72-73H,3-7H2,1-2,8-12H3,(H2,56,74)(H,57,75)(H,58,76)(H,59,78)(H,60,82)(H,61,77)(H,63,79)(H,64,81)(H,67,80)(H,71,83)/b30-13-,32-16-/t19-,25+,35-,53-/m1/s1. The molecule has 6 aromatic heterocycles. The lowest BCUT2D eigenvalue weighted by molar-refractivity contribution is -0.124. The summed E-state index contributed by atoms with van der Waals surface area (Å²) in [5, 5.41) is 45.4. The van der Waals surface area contributed by atoms with E-state index in [2.05, 4.69) is 105 Å². The Balaban J connectivity index is 1.25. The van der Waals surface area contributed by atoms with Gasteiger partial charge in [-0.15, -0.1) is 22.7 Å². The van der Waals surface area contributed by atoms with Crippen molar-refractivity contribution in [1.29, 1.82) is 0 Å². The number of methoxy groups -OCH3 is 1. The average Bonchev–Trinajstić information content (AvgIpc) is 1.77. The first-order valence-electron chi connectivity index (χ1n) is 25.7. The van der Waals surface area contributed by atoms with Crippen molar-refractivity contribution in [3.05, 3.63) is 159 Å². The first-order chi connectivity index (χ1) is 42.0. The highest BCUT2D eigenvalue weighted by Crippen LogP contribution is 2.35. The SMILES string of the molecule is C=C(NC(=O)C(=C)NC(=O)C(=C)NC(=O)c1ccc2c(n1)-c1nc(oc1C)C(=C)NC(=O)C(=C)NC(=O)c1nc(oc1C)/C(=C/C)NC(=O)c1csc(n1)[C@@H](OC)NC(=O)c1nc(oc1C)/C(=C/[C@@H](C)O)NC(=O)[C@@H]([C@H](C)O)NC(=O)c1csc-2n1)C(N)=O. The summed E-state index contributed by atoms with van der Waals surface area (Å²) < 4.78 is 22.9. The van der Waals surface area contributed by atoms with Gasteiger partial charge >= 0.3 is 0 Å². The average molecular weight is 1260 g/mol. The van der Waals surface area contributed by atoms with Gasteiger partial charge in [0.2, 0.25) is 23.6 Å². The minimum Gasteiger partial charge on any atom is -0.440 e. The molecule has 32 nitrogen and oxygen atoms in total. The topological polar surface area (TPSA) is 471 Å². The molecule has 1 aliphatic heterocycles. The Morgan fingerprint density at radius 2 is 1.21 bits per heavy atom. The number of aryl methyl sites for hydroxylation is 3. The Kier molecular flexibility index (Phi) is 20.2. The molecule has 462 valence electrons. The number of aliphatic hydroxyl groups excluding tert-OH is 2. The van der Waals surface area contributed by atoms with E-state index in [0.29, 0.717) is 0 Å². The summed E-state index contributed by atoms with van der Waals surface area (Å²) in [6.07, 6.45) is -1.61.